The predicted octanol–water partition coefficient (Wildman–Crippen LogP) is 1.64. The van der Waals surface area contributed by atoms with Crippen molar-refractivity contribution < 1.29 is 37.1 Å². The maximum atomic E-state index is 13.7. The van der Waals surface area contributed by atoms with Gasteiger partial charge in [0, 0.05) is 19.0 Å². The fourth-order valence-electron chi connectivity index (χ4n) is 5.97. The van der Waals surface area contributed by atoms with Gasteiger partial charge in [-0.1, -0.05) is 13.8 Å². The Hall–Kier alpha value is -2.88. The highest BCUT2D eigenvalue weighted by Crippen LogP contribution is 2.65. The molecule has 4 amide bonds. The third-order valence-electron chi connectivity index (χ3n) is 7.97. The maximum absolute atomic E-state index is 13.7. The molecule has 3 N–H and O–H groups in total. The zero-order chi connectivity index (χ0) is 29.5. The molecule has 7 atom stereocenters. The Balaban J connectivity index is 1.83. The number of hydrogen-bond acceptors (Lipinski definition) is 6. The van der Waals surface area contributed by atoms with Crippen LogP contribution in [0.2, 0.25) is 0 Å². The predicted molar refractivity (Wildman–Crippen MR) is 132 cm³/mol. The van der Waals surface area contributed by atoms with Gasteiger partial charge in [-0.25, -0.2) is 0 Å². The zero-order valence-electron chi connectivity index (χ0n) is 23.1. The molecule has 1 aliphatic carbocycles. The molecule has 0 radical (unpaired) electrons. The van der Waals surface area contributed by atoms with Gasteiger partial charge in [-0.05, 0) is 64.2 Å². The third kappa shape index (κ3) is 6.83. The van der Waals surface area contributed by atoms with E-state index in [-0.39, 0.29) is 36.1 Å². The summed E-state index contributed by atoms with van der Waals surface area (Å²) >= 11 is 0. The molecular weight excluding hydrogens is 519 g/mol. The van der Waals surface area contributed by atoms with Crippen molar-refractivity contribution in [2.75, 3.05) is 13.1 Å². The quantitative estimate of drug-likeness (QED) is 0.415. The first kappa shape index (κ1) is 30.7. The van der Waals surface area contributed by atoms with Crippen molar-refractivity contribution in [3.8, 4) is 6.07 Å². The van der Waals surface area contributed by atoms with E-state index in [0.29, 0.717) is 13.0 Å². The van der Waals surface area contributed by atoms with Crippen LogP contribution < -0.4 is 16.0 Å². The molecule has 0 bridgehead atoms. The number of hydrogen-bond donors (Lipinski definition) is 3. The molecule has 3 fully saturated rings. The van der Waals surface area contributed by atoms with E-state index in [0.717, 1.165) is 6.42 Å². The second-order valence-electron chi connectivity index (χ2n) is 12.3. The van der Waals surface area contributed by atoms with Gasteiger partial charge >= 0.3 is 12.1 Å². The number of likely N-dealkylation sites (tertiary alicyclic amines) is 1. The monoisotopic (exact) mass is 557 g/mol. The highest BCUT2D eigenvalue weighted by Gasteiger charge is 2.69. The molecule has 3 rings (SSSR count). The lowest BCUT2D eigenvalue weighted by Crippen LogP contribution is -2.61. The fraction of sp³-hybridized carbons (Fsp3) is 0.808. The van der Waals surface area contributed by atoms with Crippen molar-refractivity contribution in [1.82, 2.24) is 20.9 Å². The molecule has 1 saturated carbocycles. The normalized spacial score (nSPS) is 28.3. The lowest BCUT2D eigenvalue weighted by molar-refractivity contribution is -0.177. The average Bonchev–Trinajstić information content (AvgIpc) is 3.15. The first-order valence-electron chi connectivity index (χ1n) is 13.2. The van der Waals surface area contributed by atoms with E-state index in [1.165, 1.54) is 11.8 Å². The Morgan fingerprint density at radius 3 is 2.41 bits per heavy atom. The van der Waals surface area contributed by atoms with Crippen molar-refractivity contribution in [1.29, 1.82) is 5.26 Å². The first-order chi connectivity index (χ1) is 17.9. The van der Waals surface area contributed by atoms with Gasteiger partial charge in [0.25, 0.3) is 0 Å². The molecule has 0 aromatic heterocycles. The van der Waals surface area contributed by atoms with E-state index >= 15 is 0 Å². The number of carbonyl (C=O) groups excluding carboxylic acids is 4. The van der Waals surface area contributed by atoms with Gasteiger partial charge in [0.15, 0.2) is 0 Å². The Morgan fingerprint density at radius 1 is 1.23 bits per heavy atom. The Morgan fingerprint density at radius 2 is 1.87 bits per heavy atom. The van der Waals surface area contributed by atoms with E-state index in [1.807, 2.05) is 19.9 Å². The molecule has 0 spiro atoms. The molecule has 2 saturated heterocycles. The number of piperidine rings is 2. The number of halogens is 3. The van der Waals surface area contributed by atoms with Crippen LogP contribution in [-0.4, -0.2) is 77.6 Å². The zero-order valence-corrected chi connectivity index (χ0v) is 23.1. The molecule has 10 nitrogen and oxygen atoms in total. The minimum absolute atomic E-state index is 0.0836. The van der Waals surface area contributed by atoms with Gasteiger partial charge in [0.1, 0.15) is 18.1 Å². The van der Waals surface area contributed by atoms with E-state index in [4.69, 9.17) is 4.74 Å². The second-order valence-corrected chi connectivity index (χ2v) is 12.3. The summed E-state index contributed by atoms with van der Waals surface area (Å²) in [5.74, 6) is -4.76. The van der Waals surface area contributed by atoms with Gasteiger partial charge in [0.2, 0.25) is 17.7 Å². The van der Waals surface area contributed by atoms with Crippen LogP contribution in [0.4, 0.5) is 13.2 Å². The Kier molecular flexibility index (Phi) is 8.60. The number of nitrogens with zero attached hydrogens (tertiary/aromatic N) is 2. The van der Waals surface area contributed by atoms with Crippen LogP contribution in [0.5, 0.6) is 0 Å². The fourth-order valence-corrected chi connectivity index (χ4v) is 5.97. The Bertz CT molecular complexity index is 1030. The minimum Gasteiger partial charge on any atom is -0.370 e. The van der Waals surface area contributed by atoms with Gasteiger partial charge in [-0.15, -0.1) is 0 Å². The van der Waals surface area contributed by atoms with Gasteiger partial charge in [-0.2, -0.15) is 18.4 Å². The maximum Gasteiger partial charge on any atom is 0.471 e. The average molecular weight is 558 g/mol. The van der Waals surface area contributed by atoms with Crippen LogP contribution in [0.1, 0.15) is 60.8 Å². The summed E-state index contributed by atoms with van der Waals surface area (Å²) in [6.45, 7) is 10.9. The molecule has 2 aliphatic heterocycles. The van der Waals surface area contributed by atoms with Crippen molar-refractivity contribution in [2.24, 2.45) is 23.2 Å². The Labute approximate surface area is 226 Å². The van der Waals surface area contributed by atoms with Gasteiger partial charge < -0.3 is 25.6 Å². The summed E-state index contributed by atoms with van der Waals surface area (Å²) in [7, 11) is 0. The molecular formula is C26H38F3N5O5. The molecule has 13 heteroatoms. The topological polar surface area (TPSA) is 141 Å². The van der Waals surface area contributed by atoms with Crippen LogP contribution in [-0.2, 0) is 23.9 Å². The molecule has 0 aromatic rings. The van der Waals surface area contributed by atoms with Crippen LogP contribution in [0, 0.1) is 34.5 Å². The van der Waals surface area contributed by atoms with Crippen LogP contribution in [0.25, 0.3) is 0 Å². The number of fused-ring (bicyclic) bond motifs is 1. The molecule has 39 heavy (non-hydrogen) atoms. The molecule has 0 aromatic carbocycles. The van der Waals surface area contributed by atoms with E-state index < -0.39 is 59.6 Å². The number of carbonyl (C=O) groups is 4. The number of nitriles is 1. The summed E-state index contributed by atoms with van der Waals surface area (Å²) < 4.78 is 45.1. The van der Waals surface area contributed by atoms with E-state index in [9.17, 15) is 37.6 Å². The van der Waals surface area contributed by atoms with Crippen molar-refractivity contribution >= 4 is 23.6 Å². The molecule has 2 heterocycles. The van der Waals surface area contributed by atoms with Gasteiger partial charge in [-0.3, -0.25) is 19.2 Å². The van der Waals surface area contributed by atoms with Gasteiger partial charge in [0.05, 0.1) is 17.8 Å². The highest BCUT2D eigenvalue weighted by molar-refractivity contribution is 5.95. The smallest absolute Gasteiger partial charge is 0.370 e. The van der Waals surface area contributed by atoms with Crippen LogP contribution in [0.3, 0.4) is 0 Å². The third-order valence-corrected chi connectivity index (χ3v) is 7.97. The van der Waals surface area contributed by atoms with Crippen molar-refractivity contribution in [3.63, 3.8) is 0 Å². The summed E-state index contributed by atoms with van der Waals surface area (Å²) in [4.78, 5) is 52.4. The summed E-state index contributed by atoms with van der Waals surface area (Å²) in [5.41, 5.74) is -1.14. The first-order valence-corrected chi connectivity index (χ1v) is 13.2. The second kappa shape index (κ2) is 10.9. The van der Waals surface area contributed by atoms with Crippen molar-refractivity contribution in [3.05, 3.63) is 0 Å². The number of amides is 4. The standard InChI is InChI=1S/C26H38F3N5O5/c1-13(39-24(2,3)4)18(33-23(38)26(27,28)29)22(37)34-12-16-17(25(16,5)6)19(34)21(36)32-15(11-30)10-14-8-7-9-31-20(14)35/h13-19H,7-10,12H2,1-6H3,(H,31,35)(H,32,36)(H,33,38)/t13-,14+,15+,16+,17+,18+,19+/m1/s1. The van der Waals surface area contributed by atoms with E-state index in [2.05, 4.69) is 10.6 Å². The largest absolute Gasteiger partial charge is 0.471 e. The SMILES string of the molecule is C[C@@H](OC(C)(C)C)[C@H](NC(=O)C(F)(F)F)C(=O)N1C[C@H]2[C@@H]([C@H]1C(=O)N[C@H](C#N)C[C@@H]1CCCNC1=O)C2(C)C. The van der Waals surface area contributed by atoms with Crippen LogP contribution >= 0.6 is 0 Å². The number of rotatable bonds is 8. The lowest BCUT2D eigenvalue weighted by Gasteiger charge is -2.36. The number of ether oxygens (including phenoxy) is 1. The molecule has 0 unspecified atom stereocenters. The summed E-state index contributed by atoms with van der Waals surface area (Å²) in [6.07, 6.45) is -4.93. The number of alkyl halides is 3. The number of nitrogens with one attached hydrogen (secondary N) is 3. The summed E-state index contributed by atoms with van der Waals surface area (Å²) in [5, 5.41) is 16.9. The minimum atomic E-state index is -5.22. The van der Waals surface area contributed by atoms with E-state index in [1.54, 1.807) is 26.1 Å². The van der Waals surface area contributed by atoms with Crippen LogP contribution in [0.15, 0.2) is 0 Å². The summed E-state index contributed by atoms with van der Waals surface area (Å²) in [6, 6.07) is -1.74. The van der Waals surface area contributed by atoms with Crippen molar-refractivity contribution in [2.45, 2.75) is 96.8 Å². The molecule has 218 valence electrons. The molecule has 3 aliphatic rings. The lowest BCUT2D eigenvalue weighted by atomic mass is 9.91. The highest BCUT2D eigenvalue weighted by atomic mass is 19.4.